The van der Waals surface area contributed by atoms with Crippen LogP contribution >= 0.6 is 0 Å². The fourth-order valence-electron chi connectivity index (χ4n) is 2.42. The molecule has 1 aliphatic heterocycles. The molecule has 4 N–H and O–H groups in total. The Hall–Kier alpha value is -1.73. The number of hydrazine groups is 1. The van der Waals surface area contributed by atoms with Crippen molar-refractivity contribution in [1.29, 1.82) is 0 Å². The molecule has 0 bridgehead atoms. The van der Waals surface area contributed by atoms with E-state index in [4.69, 9.17) is 10.9 Å². The number of likely N-dealkylation sites (tertiary alicyclic amines) is 1. The molecule has 2 rings (SSSR count). The summed E-state index contributed by atoms with van der Waals surface area (Å²) in [4.78, 5) is 13.7. The number of hydrogen-bond acceptors (Lipinski definition) is 4. The second-order valence-electron chi connectivity index (χ2n) is 4.90. The minimum atomic E-state index is -0.911. The third kappa shape index (κ3) is 2.88. The average molecular weight is 285 g/mol. The van der Waals surface area contributed by atoms with Crippen LogP contribution in [0.5, 0.6) is 0 Å². The summed E-state index contributed by atoms with van der Waals surface area (Å²) in [5.74, 6) is 2.76. The van der Waals surface area contributed by atoms with E-state index < -0.39 is 23.2 Å². The maximum atomic E-state index is 13.6. The number of amides is 1. The molecule has 7 heteroatoms. The first kappa shape index (κ1) is 14.7. The van der Waals surface area contributed by atoms with Crippen LogP contribution in [0.4, 0.5) is 14.5 Å². The van der Waals surface area contributed by atoms with Gasteiger partial charge < -0.3 is 15.4 Å². The first-order valence-electron chi connectivity index (χ1n) is 6.42. The predicted molar refractivity (Wildman–Crippen MR) is 69.9 cm³/mol. The summed E-state index contributed by atoms with van der Waals surface area (Å²) in [7, 11) is 0. The number of anilines is 1. The lowest BCUT2D eigenvalue weighted by Crippen LogP contribution is -2.41. The largest absolute Gasteiger partial charge is 0.396 e. The van der Waals surface area contributed by atoms with Crippen molar-refractivity contribution in [2.24, 2.45) is 11.8 Å². The fourth-order valence-corrected chi connectivity index (χ4v) is 2.42. The second kappa shape index (κ2) is 6.15. The minimum Gasteiger partial charge on any atom is -0.396 e. The lowest BCUT2D eigenvalue weighted by Gasteiger charge is -2.32. The van der Waals surface area contributed by atoms with E-state index in [0.717, 1.165) is 25.0 Å². The van der Waals surface area contributed by atoms with Gasteiger partial charge in [-0.2, -0.15) is 0 Å². The van der Waals surface area contributed by atoms with Gasteiger partial charge in [-0.05, 0) is 30.9 Å². The van der Waals surface area contributed by atoms with Crippen LogP contribution in [0.3, 0.4) is 0 Å². The van der Waals surface area contributed by atoms with Gasteiger partial charge in [-0.15, -0.1) is 0 Å². The molecule has 5 nitrogen and oxygen atoms in total. The lowest BCUT2D eigenvalue weighted by molar-refractivity contribution is 0.0620. The number of nitrogens with one attached hydrogen (secondary N) is 1. The molecule has 20 heavy (non-hydrogen) atoms. The van der Waals surface area contributed by atoms with Gasteiger partial charge in [-0.1, -0.05) is 0 Å². The summed E-state index contributed by atoms with van der Waals surface area (Å²) in [6.45, 7) is 0.924. The Bertz CT molecular complexity index is 487. The minimum absolute atomic E-state index is 0.00251. The van der Waals surface area contributed by atoms with Gasteiger partial charge in [0.15, 0.2) is 11.6 Å². The zero-order valence-electron chi connectivity index (χ0n) is 10.9. The summed E-state index contributed by atoms with van der Waals surface area (Å²) in [5.41, 5.74) is 1.40. The molecule has 0 aliphatic carbocycles. The van der Waals surface area contributed by atoms with Gasteiger partial charge in [0, 0.05) is 25.3 Å². The van der Waals surface area contributed by atoms with Crippen molar-refractivity contribution in [3.8, 4) is 0 Å². The van der Waals surface area contributed by atoms with Crippen molar-refractivity contribution in [2.75, 3.05) is 25.1 Å². The first-order valence-corrected chi connectivity index (χ1v) is 6.42. The van der Waals surface area contributed by atoms with Crippen molar-refractivity contribution < 1.29 is 18.7 Å². The highest BCUT2D eigenvalue weighted by molar-refractivity contribution is 5.94. The Labute approximate surface area is 115 Å². The van der Waals surface area contributed by atoms with Crippen molar-refractivity contribution in [1.82, 2.24) is 4.90 Å². The van der Waals surface area contributed by atoms with Gasteiger partial charge in [0.25, 0.3) is 5.91 Å². The molecule has 1 aromatic rings. The molecule has 0 radical (unpaired) electrons. The predicted octanol–water partition coefficient (Wildman–Crippen LogP) is 1.09. The second-order valence-corrected chi connectivity index (χ2v) is 4.90. The van der Waals surface area contributed by atoms with E-state index in [2.05, 4.69) is 0 Å². The number of hydrogen-bond donors (Lipinski definition) is 3. The first-order chi connectivity index (χ1) is 9.56. The Kier molecular flexibility index (Phi) is 4.51. The molecule has 1 aromatic carbocycles. The number of benzene rings is 1. The smallest absolute Gasteiger partial charge is 0.254 e. The molecule has 1 atom stereocenters. The zero-order chi connectivity index (χ0) is 14.7. The van der Waals surface area contributed by atoms with Gasteiger partial charge in [-0.3, -0.25) is 10.6 Å². The number of nitrogen functional groups attached to an aromatic ring is 1. The number of carbonyl (C=O) groups excluding carboxylic acids is 1. The molecule has 1 heterocycles. The number of nitrogens with zero attached hydrogens (tertiary/aromatic N) is 1. The van der Waals surface area contributed by atoms with Crippen LogP contribution < -0.4 is 11.3 Å². The highest BCUT2D eigenvalue weighted by atomic mass is 19.1. The normalized spacial score (nSPS) is 19.0. The van der Waals surface area contributed by atoms with Crippen LogP contribution in [-0.4, -0.2) is 35.6 Å². The van der Waals surface area contributed by atoms with E-state index in [-0.39, 0.29) is 18.1 Å². The third-order valence-electron chi connectivity index (χ3n) is 3.50. The molecule has 0 spiro atoms. The molecular formula is C13H17F2N3O2. The number of halogens is 2. The molecule has 1 unspecified atom stereocenters. The van der Waals surface area contributed by atoms with Gasteiger partial charge in [-0.25, -0.2) is 8.78 Å². The Balaban J connectivity index is 2.21. The van der Waals surface area contributed by atoms with Gasteiger partial charge in [0.1, 0.15) is 5.69 Å². The SMILES string of the molecule is NNc1c(F)cc(C(=O)N2CCCC(CO)C2)cc1F. The van der Waals surface area contributed by atoms with E-state index in [9.17, 15) is 13.6 Å². The zero-order valence-corrected chi connectivity index (χ0v) is 10.9. The number of nitrogens with two attached hydrogens (primary N) is 1. The summed E-state index contributed by atoms with van der Waals surface area (Å²) in [6, 6.07) is 1.92. The van der Waals surface area contributed by atoms with Gasteiger partial charge >= 0.3 is 0 Å². The van der Waals surface area contributed by atoms with Crippen LogP contribution in [0.15, 0.2) is 12.1 Å². The van der Waals surface area contributed by atoms with Crippen molar-refractivity contribution in [3.63, 3.8) is 0 Å². The van der Waals surface area contributed by atoms with E-state index in [1.807, 2.05) is 5.43 Å². The highest BCUT2D eigenvalue weighted by Crippen LogP contribution is 2.23. The number of aliphatic hydroxyl groups excluding tert-OH is 1. The number of rotatable bonds is 3. The van der Waals surface area contributed by atoms with E-state index >= 15 is 0 Å². The molecule has 1 amide bonds. The van der Waals surface area contributed by atoms with E-state index in [0.29, 0.717) is 13.1 Å². The van der Waals surface area contributed by atoms with Crippen molar-refractivity contribution in [2.45, 2.75) is 12.8 Å². The highest BCUT2D eigenvalue weighted by Gasteiger charge is 2.25. The van der Waals surface area contributed by atoms with Crippen LogP contribution in [0.1, 0.15) is 23.2 Å². The van der Waals surface area contributed by atoms with Crippen LogP contribution in [-0.2, 0) is 0 Å². The summed E-state index contributed by atoms with van der Waals surface area (Å²) < 4.78 is 27.2. The van der Waals surface area contributed by atoms with Gasteiger partial charge in [0.2, 0.25) is 0 Å². The monoisotopic (exact) mass is 285 g/mol. The number of aliphatic hydroxyl groups is 1. The topological polar surface area (TPSA) is 78.6 Å². The Morgan fingerprint density at radius 1 is 1.45 bits per heavy atom. The quantitative estimate of drug-likeness (QED) is 0.574. The van der Waals surface area contributed by atoms with Crippen LogP contribution in [0.25, 0.3) is 0 Å². The number of piperidine rings is 1. The summed E-state index contributed by atoms with van der Waals surface area (Å²) >= 11 is 0. The van der Waals surface area contributed by atoms with E-state index in [1.54, 1.807) is 0 Å². The molecule has 0 saturated carbocycles. The Morgan fingerprint density at radius 3 is 2.65 bits per heavy atom. The summed E-state index contributed by atoms with van der Waals surface area (Å²) in [6.07, 6.45) is 1.61. The standard InChI is InChI=1S/C13H17F2N3O2/c14-10-4-9(5-11(15)12(10)17-16)13(20)18-3-1-2-8(6-18)7-19/h4-5,8,17,19H,1-3,6-7,16H2. The van der Waals surface area contributed by atoms with Crippen molar-refractivity contribution >= 4 is 11.6 Å². The molecule has 0 aromatic heterocycles. The molecule has 110 valence electrons. The number of carbonyl (C=O) groups is 1. The average Bonchev–Trinajstić information content (AvgIpc) is 2.46. The van der Waals surface area contributed by atoms with Crippen LogP contribution in [0.2, 0.25) is 0 Å². The van der Waals surface area contributed by atoms with Crippen LogP contribution in [0, 0.1) is 17.6 Å². The molecule has 1 saturated heterocycles. The third-order valence-corrected chi connectivity index (χ3v) is 3.50. The Morgan fingerprint density at radius 2 is 2.10 bits per heavy atom. The summed E-state index contributed by atoms with van der Waals surface area (Å²) in [5, 5.41) is 9.14. The van der Waals surface area contributed by atoms with Gasteiger partial charge in [0.05, 0.1) is 0 Å². The lowest BCUT2D eigenvalue weighted by atomic mass is 9.98. The van der Waals surface area contributed by atoms with Crippen molar-refractivity contribution in [3.05, 3.63) is 29.3 Å². The molecular weight excluding hydrogens is 268 g/mol. The van der Waals surface area contributed by atoms with E-state index in [1.165, 1.54) is 4.90 Å². The fraction of sp³-hybridized carbons (Fsp3) is 0.462. The maximum absolute atomic E-state index is 13.6. The molecule has 1 aliphatic rings. The maximum Gasteiger partial charge on any atom is 0.254 e. The molecule has 1 fully saturated rings.